The van der Waals surface area contributed by atoms with E-state index in [1.807, 2.05) is 0 Å². The van der Waals surface area contributed by atoms with Crippen LogP contribution in [0.4, 0.5) is 5.13 Å². The minimum atomic E-state index is -0.114. The first-order chi connectivity index (χ1) is 12.3. The molecule has 1 aromatic carbocycles. The van der Waals surface area contributed by atoms with E-state index in [1.54, 1.807) is 6.07 Å². The lowest BCUT2D eigenvalue weighted by molar-refractivity contribution is 0.839. The molecule has 0 aliphatic heterocycles. The van der Waals surface area contributed by atoms with Gasteiger partial charge in [-0.1, -0.05) is 24.7 Å². The maximum atomic E-state index is 12.2. The summed E-state index contributed by atoms with van der Waals surface area (Å²) >= 11 is 1.42. The maximum Gasteiger partial charge on any atom is 0.275 e. The van der Waals surface area contributed by atoms with E-state index in [4.69, 9.17) is 0 Å². The summed E-state index contributed by atoms with van der Waals surface area (Å²) in [7, 11) is 0. The Morgan fingerprint density at radius 2 is 1.65 bits per heavy atom. The third kappa shape index (κ3) is 3.26. The molecule has 0 amide bonds. The third-order valence-corrected chi connectivity index (χ3v) is 6.24. The number of benzene rings is 1. The van der Waals surface area contributed by atoms with Crippen molar-refractivity contribution in [3.05, 3.63) is 55.5 Å². The largest absolute Gasteiger partial charge is 0.356 e. The highest BCUT2D eigenvalue weighted by Gasteiger charge is 2.13. The number of rotatable bonds is 5. The van der Waals surface area contributed by atoms with Crippen molar-refractivity contribution in [3.8, 4) is 0 Å². The zero-order chi connectivity index (χ0) is 19.0. The minimum Gasteiger partial charge on any atom is -0.356 e. The van der Waals surface area contributed by atoms with Crippen LogP contribution in [0.5, 0.6) is 0 Å². The molecule has 5 nitrogen and oxygen atoms in total. The number of aryl methyl sites for hydroxylation is 1. The van der Waals surface area contributed by atoms with Crippen LogP contribution in [0.15, 0.2) is 10.9 Å². The molecule has 0 aliphatic carbocycles. The van der Waals surface area contributed by atoms with Gasteiger partial charge in [-0.3, -0.25) is 4.79 Å². The van der Waals surface area contributed by atoms with Crippen LogP contribution >= 0.6 is 11.3 Å². The van der Waals surface area contributed by atoms with Crippen LogP contribution in [-0.2, 0) is 13.0 Å². The van der Waals surface area contributed by atoms with Crippen LogP contribution in [0.1, 0.15) is 52.4 Å². The standard InChI is InChI=1S/C20H26N4OS/c1-7-8-16-9-18(25)24-20(22-16)26-19(23-24)21-10-17-14(5)12(3)11(2)13(4)15(17)6/h9H,7-8,10H2,1-6H3,(H,21,23). The molecule has 0 saturated carbocycles. The second-order valence-corrected chi connectivity index (χ2v) is 7.85. The number of aromatic nitrogens is 3. The number of hydrogen-bond acceptors (Lipinski definition) is 5. The van der Waals surface area contributed by atoms with Gasteiger partial charge in [0.1, 0.15) is 0 Å². The van der Waals surface area contributed by atoms with Crippen LogP contribution in [0.25, 0.3) is 4.96 Å². The average Bonchev–Trinajstić information content (AvgIpc) is 3.02. The van der Waals surface area contributed by atoms with Gasteiger partial charge in [0.2, 0.25) is 10.1 Å². The summed E-state index contributed by atoms with van der Waals surface area (Å²) in [5.74, 6) is 0. The summed E-state index contributed by atoms with van der Waals surface area (Å²) in [4.78, 5) is 17.4. The Morgan fingerprint density at radius 3 is 2.27 bits per heavy atom. The third-order valence-electron chi connectivity index (χ3n) is 5.38. The lowest BCUT2D eigenvalue weighted by Gasteiger charge is -2.18. The lowest BCUT2D eigenvalue weighted by atomic mass is 9.89. The highest BCUT2D eigenvalue weighted by Crippen LogP contribution is 2.27. The quantitative estimate of drug-likeness (QED) is 0.729. The molecule has 6 heteroatoms. The maximum absolute atomic E-state index is 12.2. The summed E-state index contributed by atoms with van der Waals surface area (Å²) in [5.41, 5.74) is 8.72. The van der Waals surface area contributed by atoms with Crippen molar-refractivity contribution < 1.29 is 0 Å². The fraction of sp³-hybridized carbons (Fsp3) is 0.450. The molecule has 2 aromatic heterocycles. The van der Waals surface area contributed by atoms with E-state index in [1.165, 1.54) is 49.2 Å². The fourth-order valence-corrected chi connectivity index (χ4v) is 4.14. The van der Waals surface area contributed by atoms with E-state index in [9.17, 15) is 4.79 Å². The molecule has 3 aromatic rings. The van der Waals surface area contributed by atoms with Gasteiger partial charge in [-0.2, -0.15) is 4.52 Å². The van der Waals surface area contributed by atoms with Crippen molar-refractivity contribution in [1.82, 2.24) is 14.6 Å². The van der Waals surface area contributed by atoms with Gasteiger partial charge in [-0.05, 0) is 74.4 Å². The highest BCUT2D eigenvalue weighted by atomic mass is 32.1. The summed E-state index contributed by atoms with van der Waals surface area (Å²) < 4.78 is 1.39. The summed E-state index contributed by atoms with van der Waals surface area (Å²) in [5, 5.41) is 8.51. The topological polar surface area (TPSA) is 59.3 Å². The number of nitrogens with one attached hydrogen (secondary N) is 1. The first-order valence-electron chi connectivity index (χ1n) is 9.03. The highest BCUT2D eigenvalue weighted by molar-refractivity contribution is 7.20. The van der Waals surface area contributed by atoms with Crippen molar-refractivity contribution >= 4 is 21.4 Å². The predicted molar refractivity (Wildman–Crippen MR) is 109 cm³/mol. The Bertz CT molecular complexity index is 1000. The Hall–Kier alpha value is -2.21. The van der Waals surface area contributed by atoms with E-state index in [0.717, 1.165) is 23.7 Å². The molecule has 0 saturated heterocycles. The second-order valence-electron chi connectivity index (χ2n) is 6.89. The predicted octanol–water partition coefficient (Wildman–Crippen LogP) is 4.26. The van der Waals surface area contributed by atoms with Crippen molar-refractivity contribution in [2.75, 3.05) is 5.32 Å². The van der Waals surface area contributed by atoms with Crippen molar-refractivity contribution in [2.45, 2.75) is 60.9 Å². The van der Waals surface area contributed by atoms with E-state index < -0.39 is 0 Å². The monoisotopic (exact) mass is 370 g/mol. The van der Waals surface area contributed by atoms with E-state index in [2.05, 4.69) is 56.9 Å². The van der Waals surface area contributed by atoms with Gasteiger partial charge in [-0.25, -0.2) is 4.98 Å². The normalized spacial score (nSPS) is 11.3. The Balaban J connectivity index is 1.91. The number of fused-ring (bicyclic) bond motifs is 1. The van der Waals surface area contributed by atoms with Gasteiger partial charge in [0, 0.05) is 18.3 Å². The molecule has 0 fully saturated rings. The van der Waals surface area contributed by atoms with E-state index >= 15 is 0 Å². The summed E-state index contributed by atoms with van der Waals surface area (Å²) in [6, 6.07) is 1.58. The lowest BCUT2D eigenvalue weighted by Crippen LogP contribution is -2.15. The van der Waals surface area contributed by atoms with Gasteiger partial charge in [0.25, 0.3) is 5.56 Å². The molecule has 138 valence electrons. The van der Waals surface area contributed by atoms with Crippen molar-refractivity contribution in [3.63, 3.8) is 0 Å². The number of nitrogens with zero attached hydrogens (tertiary/aromatic N) is 3. The SMILES string of the molecule is CCCc1cc(=O)n2nc(NCc3c(C)c(C)c(C)c(C)c3C)sc2n1. The summed E-state index contributed by atoms with van der Waals surface area (Å²) in [6.45, 7) is 13.7. The van der Waals surface area contributed by atoms with Crippen LogP contribution in [0, 0.1) is 34.6 Å². The Kier molecular flexibility index (Phi) is 5.14. The van der Waals surface area contributed by atoms with Crippen LogP contribution in [0.3, 0.4) is 0 Å². The molecule has 0 atom stereocenters. The minimum absolute atomic E-state index is 0.114. The molecular weight excluding hydrogens is 344 g/mol. The number of anilines is 1. The van der Waals surface area contributed by atoms with E-state index in [0.29, 0.717) is 11.5 Å². The van der Waals surface area contributed by atoms with Gasteiger partial charge in [0.05, 0.1) is 0 Å². The van der Waals surface area contributed by atoms with E-state index in [-0.39, 0.29) is 5.56 Å². The number of hydrogen-bond donors (Lipinski definition) is 1. The molecule has 0 unspecified atom stereocenters. The van der Waals surface area contributed by atoms with Crippen LogP contribution < -0.4 is 10.9 Å². The van der Waals surface area contributed by atoms with Gasteiger partial charge in [0.15, 0.2) is 0 Å². The molecular formula is C20H26N4OS. The summed E-state index contributed by atoms with van der Waals surface area (Å²) in [6.07, 6.45) is 1.78. The van der Waals surface area contributed by atoms with Gasteiger partial charge < -0.3 is 5.32 Å². The zero-order valence-corrected chi connectivity index (χ0v) is 17.2. The van der Waals surface area contributed by atoms with Gasteiger partial charge in [-0.15, -0.1) is 5.10 Å². The van der Waals surface area contributed by atoms with Crippen LogP contribution in [-0.4, -0.2) is 14.6 Å². The molecule has 2 heterocycles. The Labute approximate surface area is 158 Å². The molecule has 0 spiro atoms. The zero-order valence-electron chi connectivity index (χ0n) is 16.4. The first-order valence-corrected chi connectivity index (χ1v) is 9.84. The molecule has 1 N–H and O–H groups in total. The van der Waals surface area contributed by atoms with Crippen molar-refractivity contribution in [2.24, 2.45) is 0 Å². The Morgan fingerprint density at radius 1 is 1.04 bits per heavy atom. The molecule has 3 rings (SSSR count). The molecule has 0 aliphatic rings. The smallest absolute Gasteiger partial charge is 0.275 e. The second kappa shape index (κ2) is 7.19. The molecule has 0 bridgehead atoms. The molecule has 26 heavy (non-hydrogen) atoms. The van der Waals surface area contributed by atoms with Gasteiger partial charge >= 0.3 is 0 Å². The van der Waals surface area contributed by atoms with Crippen LogP contribution in [0.2, 0.25) is 0 Å². The van der Waals surface area contributed by atoms with Crippen molar-refractivity contribution in [1.29, 1.82) is 0 Å². The first kappa shape index (κ1) is 18.6. The average molecular weight is 371 g/mol. The molecule has 0 radical (unpaired) electrons. The fourth-order valence-electron chi connectivity index (χ4n) is 3.32.